The molecule has 0 N–H and O–H groups in total. The van der Waals surface area contributed by atoms with E-state index in [9.17, 15) is 0 Å². The van der Waals surface area contributed by atoms with Gasteiger partial charge in [0.1, 0.15) is 5.76 Å². The summed E-state index contributed by atoms with van der Waals surface area (Å²) in [5, 5.41) is 3.60. The van der Waals surface area contributed by atoms with E-state index in [-0.39, 0.29) is 10.8 Å². The van der Waals surface area contributed by atoms with E-state index in [0.29, 0.717) is 0 Å². The second kappa shape index (κ2) is 13.9. The summed E-state index contributed by atoms with van der Waals surface area (Å²) < 4.78 is 9.22. The number of hydrogen-bond donors (Lipinski definition) is 0. The van der Waals surface area contributed by atoms with Crippen LogP contribution in [0, 0.1) is 6.92 Å². The van der Waals surface area contributed by atoms with Crippen molar-refractivity contribution in [3.63, 3.8) is 0 Å². The first-order valence-corrected chi connectivity index (χ1v) is 22.4. The third-order valence-corrected chi connectivity index (χ3v) is 14.4. The number of aryl methyl sites for hydroxylation is 1. The fraction of sp³-hybridized carbons (Fsp3) is 0.115. The first-order chi connectivity index (χ1) is 31.1. The molecule has 0 bridgehead atoms. The number of rotatable bonds is 7. The SMILES string of the molecule is C=C/C=C\c1oc2c(N(c3ccc(-c4ccc5c(c4)c4cc6c(cc4n5-c4ccccc4)C(C)(C)c4ccccc4-6)cc3)c3cccc4c3-c3ccccc3C4(C)C)cccc2c1C. The molecule has 2 heterocycles. The van der Waals surface area contributed by atoms with Gasteiger partial charge in [-0.15, -0.1) is 0 Å². The van der Waals surface area contributed by atoms with Crippen LogP contribution in [-0.4, -0.2) is 4.57 Å². The zero-order valence-electron chi connectivity index (χ0n) is 36.9. The van der Waals surface area contributed by atoms with Gasteiger partial charge in [0.05, 0.1) is 22.4 Å². The zero-order chi connectivity index (χ0) is 43.5. The van der Waals surface area contributed by atoms with Crippen LogP contribution in [0.15, 0.2) is 193 Å². The lowest BCUT2D eigenvalue weighted by Gasteiger charge is -2.29. The Morgan fingerprint density at radius 2 is 1.17 bits per heavy atom. The molecule has 3 heteroatoms. The maximum atomic E-state index is 6.77. The quantitative estimate of drug-likeness (QED) is 0.149. The van der Waals surface area contributed by atoms with E-state index >= 15 is 0 Å². The van der Waals surface area contributed by atoms with E-state index in [1.807, 2.05) is 12.2 Å². The van der Waals surface area contributed by atoms with Crippen LogP contribution in [0.1, 0.15) is 61.3 Å². The van der Waals surface area contributed by atoms with Gasteiger partial charge < -0.3 is 13.9 Å². The van der Waals surface area contributed by atoms with Crippen molar-refractivity contribution in [2.24, 2.45) is 0 Å². The van der Waals surface area contributed by atoms with Gasteiger partial charge in [-0.25, -0.2) is 0 Å². The van der Waals surface area contributed by atoms with Gasteiger partial charge in [0, 0.05) is 49.5 Å². The van der Waals surface area contributed by atoms with Crippen molar-refractivity contribution in [3.8, 4) is 39.1 Å². The van der Waals surface area contributed by atoms with Crippen LogP contribution in [0.3, 0.4) is 0 Å². The molecule has 0 fully saturated rings. The molecule has 0 saturated heterocycles. The summed E-state index contributed by atoms with van der Waals surface area (Å²) in [5.74, 6) is 0.837. The summed E-state index contributed by atoms with van der Waals surface area (Å²) in [6.07, 6.45) is 5.73. The number of benzene rings is 8. The van der Waals surface area contributed by atoms with Crippen LogP contribution in [0.2, 0.25) is 0 Å². The number of nitrogens with zero attached hydrogens (tertiary/aromatic N) is 2. The Hall–Kier alpha value is -7.62. The molecule has 64 heavy (non-hydrogen) atoms. The van der Waals surface area contributed by atoms with Crippen LogP contribution >= 0.6 is 0 Å². The summed E-state index contributed by atoms with van der Waals surface area (Å²) in [6.45, 7) is 15.5. The summed E-state index contributed by atoms with van der Waals surface area (Å²) in [6, 6.07) is 62.9. The molecule has 0 atom stereocenters. The third-order valence-electron chi connectivity index (χ3n) is 14.4. The molecule has 0 amide bonds. The number of para-hydroxylation sites is 2. The molecule has 10 aromatic rings. The Bertz CT molecular complexity index is 3580. The van der Waals surface area contributed by atoms with Crippen molar-refractivity contribution in [2.75, 3.05) is 4.90 Å². The van der Waals surface area contributed by atoms with Crippen molar-refractivity contribution >= 4 is 55.9 Å². The Balaban J connectivity index is 1.04. The lowest BCUT2D eigenvalue weighted by molar-refractivity contribution is 0.601. The molecule has 2 aromatic heterocycles. The van der Waals surface area contributed by atoms with Gasteiger partial charge in [0.25, 0.3) is 0 Å². The molecule has 2 aliphatic carbocycles. The molecule has 0 spiro atoms. The fourth-order valence-electron chi connectivity index (χ4n) is 11.1. The minimum atomic E-state index is -0.144. The number of hydrogen-bond acceptors (Lipinski definition) is 2. The monoisotopic (exact) mass is 824 g/mol. The van der Waals surface area contributed by atoms with E-state index < -0.39 is 0 Å². The van der Waals surface area contributed by atoms with Gasteiger partial charge in [0.15, 0.2) is 5.58 Å². The fourth-order valence-corrected chi connectivity index (χ4v) is 11.1. The Morgan fingerprint density at radius 1 is 0.531 bits per heavy atom. The first kappa shape index (κ1) is 38.1. The first-order valence-electron chi connectivity index (χ1n) is 22.4. The average Bonchev–Trinajstić information content (AvgIpc) is 3.98. The molecule has 0 aliphatic heterocycles. The van der Waals surface area contributed by atoms with Gasteiger partial charge in [-0.1, -0.05) is 156 Å². The Morgan fingerprint density at radius 3 is 1.95 bits per heavy atom. The maximum absolute atomic E-state index is 6.77. The Kier molecular flexibility index (Phi) is 8.30. The average molecular weight is 825 g/mol. The van der Waals surface area contributed by atoms with Gasteiger partial charge >= 0.3 is 0 Å². The molecule has 308 valence electrons. The van der Waals surface area contributed by atoms with Gasteiger partial charge in [-0.3, -0.25) is 0 Å². The molecule has 0 saturated carbocycles. The number of anilines is 3. The smallest absolute Gasteiger partial charge is 0.159 e. The highest BCUT2D eigenvalue weighted by molar-refractivity contribution is 6.13. The second-order valence-electron chi connectivity index (χ2n) is 18.6. The summed E-state index contributed by atoms with van der Waals surface area (Å²) >= 11 is 0. The third kappa shape index (κ3) is 5.40. The highest BCUT2D eigenvalue weighted by Crippen LogP contribution is 2.55. The number of aromatic nitrogens is 1. The Labute approximate surface area is 374 Å². The van der Waals surface area contributed by atoms with E-state index in [2.05, 4.69) is 221 Å². The van der Waals surface area contributed by atoms with Crippen LogP contribution in [0.5, 0.6) is 0 Å². The molecular formula is C61H48N2O. The van der Waals surface area contributed by atoms with Crippen molar-refractivity contribution < 1.29 is 4.42 Å². The van der Waals surface area contributed by atoms with Crippen LogP contribution in [0.4, 0.5) is 17.1 Å². The molecule has 2 aliphatic rings. The summed E-state index contributed by atoms with van der Waals surface area (Å²) in [4.78, 5) is 2.41. The van der Waals surface area contributed by atoms with Crippen LogP contribution in [-0.2, 0) is 10.8 Å². The number of furan rings is 1. The maximum Gasteiger partial charge on any atom is 0.159 e. The lowest BCUT2D eigenvalue weighted by atomic mass is 9.82. The standard InChI is InChI=1S/C61H48N2O/c1-7-8-28-57-38(2)43-22-16-27-55(59(43)64-57)63(54-26-17-25-51-58(54)45-21-13-15-24-50(45)60(51,3)4)42-32-29-39(30-33-42)40-31-34-53-47(35-40)48-36-46-44-20-12-14-23-49(44)61(5,6)52(46)37-56(48)62(53)41-18-10-9-11-19-41/h7-37H,1H2,2-6H3/b28-8-. The highest BCUT2D eigenvalue weighted by atomic mass is 16.3. The molecule has 0 radical (unpaired) electrons. The number of fused-ring (bicyclic) bond motifs is 10. The molecule has 0 unspecified atom stereocenters. The predicted octanol–water partition coefficient (Wildman–Crippen LogP) is 16.8. The molecule has 3 nitrogen and oxygen atoms in total. The molecule has 8 aromatic carbocycles. The minimum Gasteiger partial charge on any atom is -0.454 e. The van der Waals surface area contributed by atoms with Gasteiger partial charge in [0.2, 0.25) is 0 Å². The minimum absolute atomic E-state index is 0.0928. The second-order valence-corrected chi connectivity index (χ2v) is 18.6. The number of allylic oxidation sites excluding steroid dienone is 2. The van der Waals surface area contributed by atoms with Crippen molar-refractivity contribution in [3.05, 3.63) is 222 Å². The van der Waals surface area contributed by atoms with E-state index in [1.54, 1.807) is 6.08 Å². The van der Waals surface area contributed by atoms with Crippen molar-refractivity contribution in [2.45, 2.75) is 45.4 Å². The van der Waals surface area contributed by atoms with Crippen molar-refractivity contribution in [1.29, 1.82) is 0 Å². The summed E-state index contributed by atoms with van der Waals surface area (Å²) in [5.41, 5.74) is 21.5. The van der Waals surface area contributed by atoms with E-state index in [1.165, 1.54) is 71.9 Å². The largest absolute Gasteiger partial charge is 0.454 e. The zero-order valence-corrected chi connectivity index (χ0v) is 36.9. The van der Waals surface area contributed by atoms with Crippen molar-refractivity contribution in [1.82, 2.24) is 4.57 Å². The topological polar surface area (TPSA) is 21.3 Å². The van der Waals surface area contributed by atoms with Gasteiger partial charge in [-0.05, 0) is 124 Å². The van der Waals surface area contributed by atoms with Gasteiger partial charge in [-0.2, -0.15) is 0 Å². The normalized spacial score (nSPS) is 14.3. The summed E-state index contributed by atoms with van der Waals surface area (Å²) in [7, 11) is 0. The lowest BCUT2D eigenvalue weighted by Crippen LogP contribution is -2.16. The molecule has 12 rings (SSSR count). The van der Waals surface area contributed by atoms with E-state index in [4.69, 9.17) is 4.42 Å². The molecular weight excluding hydrogens is 777 g/mol. The highest BCUT2D eigenvalue weighted by Gasteiger charge is 2.39. The van der Waals surface area contributed by atoms with Crippen LogP contribution < -0.4 is 4.90 Å². The van der Waals surface area contributed by atoms with Crippen LogP contribution in [0.25, 0.3) is 77.9 Å². The van der Waals surface area contributed by atoms with E-state index in [0.717, 1.165) is 50.6 Å². The predicted molar refractivity (Wildman–Crippen MR) is 270 cm³/mol.